The van der Waals surface area contributed by atoms with Crippen molar-refractivity contribution in [3.05, 3.63) is 182 Å². The van der Waals surface area contributed by atoms with Crippen LogP contribution in [-0.2, 0) is 6.42 Å². The molecule has 0 radical (unpaired) electrons. The Morgan fingerprint density at radius 3 is 1.63 bits per heavy atom. The number of nitrogens with zero attached hydrogens (tertiary/aromatic N) is 2. The second-order valence-electron chi connectivity index (χ2n) is 12.0. The van der Waals surface area contributed by atoms with Crippen LogP contribution < -0.4 is 0 Å². The first kappa shape index (κ1) is 21.6. The van der Waals surface area contributed by atoms with E-state index in [1.54, 1.807) is 0 Å². The summed E-state index contributed by atoms with van der Waals surface area (Å²) in [5.41, 5.74) is 8.25. The van der Waals surface area contributed by atoms with Crippen LogP contribution >= 0.6 is 0 Å². The van der Waals surface area contributed by atoms with Crippen molar-refractivity contribution in [2.75, 3.05) is 0 Å². The molecule has 2 nitrogen and oxygen atoms in total. The Morgan fingerprint density at radius 1 is 0.490 bits per heavy atom. The molecular weight excluding hydrogens is 593 g/mol. The van der Waals surface area contributed by atoms with E-state index >= 15 is 0 Å². The van der Waals surface area contributed by atoms with Gasteiger partial charge in [0.1, 0.15) is 5.82 Å². The zero-order valence-electron chi connectivity index (χ0n) is 34.7. The van der Waals surface area contributed by atoms with Gasteiger partial charge < -0.3 is 0 Å². The van der Waals surface area contributed by atoms with Crippen molar-refractivity contribution in [2.45, 2.75) is 13.3 Å². The van der Waals surface area contributed by atoms with Crippen LogP contribution in [0.15, 0.2) is 176 Å². The molecule has 9 rings (SSSR count). The van der Waals surface area contributed by atoms with Crippen LogP contribution in [0, 0.1) is 0 Å². The van der Waals surface area contributed by atoms with E-state index in [1.165, 1.54) is 0 Å². The highest BCUT2D eigenvalue weighted by Crippen LogP contribution is 2.46. The number of benzene rings is 8. The molecule has 0 saturated carbocycles. The molecule has 232 valence electrons. The number of imidazole rings is 1. The average Bonchev–Trinajstić information content (AvgIpc) is 3.64. The topological polar surface area (TPSA) is 17.8 Å². The molecule has 2 heteroatoms. The van der Waals surface area contributed by atoms with Crippen LogP contribution in [0.1, 0.15) is 23.7 Å². The Morgan fingerprint density at radius 2 is 1.00 bits per heavy atom. The van der Waals surface area contributed by atoms with Gasteiger partial charge in [0.15, 0.2) is 0 Å². The van der Waals surface area contributed by atoms with Gasteiger partial charge in [-0.15, -0.1) is 0 Å². The molecule has 0 aliphatic heterocycles. The summed E-state index contributed by atoms with van der Waals surface area (Å²) in [6, 6.07) is 38.1. The number of aryl methyl sites for hydroxylation is 1. The molecule has 0 N–H and O–H groups in total. The van der Waals surface area contributed by atoms with Gasteiger partial charge in [0.05, 0.1) is 22.0 Å². The first-order valence-corrected chi connectivity index (χ1v) is 16.4. The highest BCUT2D eigenvalue weighted by molar-refractivity contribution is 6.22. The molecule has 0 aliphatic rings. The lowest BCUT2D eigenvalue weighted by Crippen LogP contribution is -1.99. The number of para-hydroxylation sites is 2. The maximum absolute atomic E-state index is 9.34. The summed E-state index contributed by atoms with van der Waals surface area (Å²) in [5, 5.41) is 0.755. The SMILES string of the molecule is [2H]c1c([2H])c([2H])c2c(-c3ccccc3-c3ccccc3)c3c([2H])c([2H])c([2H])c([2H])c3c(-c3ccc(-c4ccc(-n5c(CC)nc6ccccc65)cc4)cc3)c2c1[2H]. The van der Waals surface area contributed by atoms with Crippen molar-refractivity contribution in [3.63, 3.8) is 0 Å². The summed E-state index contributed by atoms with van der Waals surface area (Å²) in [6.07, 6.45) is 0.779. The van der Waals surface area contributed by atoms with Crippen molar-refractivity contribution >= 4 is 32.6 Å². The van der Waals surface area contributed by atoms with Crippen LogP contribution in [0.4, 0.5) is 0 Å². The molecular formula is C47H34N2. The predicted octanol–water partition coefficient (Wildman–Crippen LogP) is 12.6. The standard InChI is InChI=1S/C47H34N2/c1-2-45-48-43-22-12-13-23-44(43)49(45)36-30-28-33(29-31-36)32-24-26-35(27-25-32)46-39-18-8-10-20-41(39)47(42-21-11-9-19-40(42)46)38-17-7-6-16-37(38)34-14-4-3-5-15-34/h3-31H,2H2,1H3/i8D,9D,10D,11D,18D,19D,20D,21D. The van der Waals surface area contributed by atoms with Gasteiger partial charge in [-0.3, -0.25) is 4.57 Å². The minimum absolute atomic E-state index is 0.188. The van der Waals surface area contributed by atoms with Crippen LogP contribution in [0.5, 0.6) is 0 Å². The summed E-state index contributed by atoms with van der Waals surface area (Å²) in [5.74, 6) is 0.971. The lowest BCUT2D eigenvalue weighted by atomic mass is 9.83. The molecule has 0 unspecified atom stereocenters. The second kappa shape index (κ2) is 12.1. The van der Waals surface area contributed by atoms with E-state index in [4.69, 9.17) is 10.5 Å². The Kier molecular flexibility index (Phi) is 5.32. The molecule has 0 atom stereocenters. The Balaban J connectivity index is 1.29. The Hall–Kier alpha value is -6.25. The van der Waals surface area contributed by atoms with Gasteiger partial charge in [-0.05, 0) is 90.3 Å². The largest absolute Gasteiger partial charge is 0.296 e. The summed E-state index contributed by atoms with van der Waals surface area (Å²) in [6.45, 7) is 2.09. The van der Waals surface area contributed by atoms with E-state index in [1.807, 2.05) is 97.1 Å². The molecule has 0 spiro atoms. The molecule has 0 bridgehead atoms. The lowest BCUT2D eigenvalue weighted by Gasteiger charge is -2.19. The van der Waals surface area contributed by atoms with Gasteiger partial charge in [-0.2, -0.15) is 0 Å². The van der Waals surface area contributed by atoms with E-state index in [2.05, 4.69) is 41.8 Å². The molecule has 0 amide bonds. The maximum Gasteiger partial charge on any atom is 0.114 e. The third-order valence-corrected chi connectivity index (χ3v) is 9.24. The fourth-order valence-electron chi connectivity index (χ4n) is 6.99. The number of hydrogen-bond acceptors (Lipinski definition) is 1. The van der Waals surface area contributed by atoms with Crippen LogP contribution in [-0.4, -0.2) is 9.55 Å². The van der Waals surface area contributed by atoms with Crippen molar-refractivity contribution in [1.29, 1.82) is 0 Å². The average molecular weight is 635 g/mol. The number of fused-ring (bicyclic) bond motifs is 3. The summed E-state index contributed by atoms with van der Waals surface area (Å²) in [4.78, 5) is 4.82. The normalized spacial score (nSPS) is 13.7. The fourth-order valence-corrected chi connectivity index (χ4v) is 6.99. The number of hydrogen-bond donors (Lipinski definition) is 0. The molecule has 8 aromatic carbocycles. The lowest BCUT2D eigenvalue weighted by molar-refractivity contribution is 0.908. The van der Waals surface area contributed by atoms with E-state index in [9.17, 15) is 5.48 Å². The molecule has 9 aromatic rings. The van der Waals surface area contributed by atoms with Gasteiger partial charge >= 0.3 is 0 Å². The van der Waals surface area contributed by atoms with E-state index in [0.717, 1.165) is 51.2 Å². The zero-order chi connectivity index (χ0) is 39.7. The Bertz CT molecular complexity index is 2980. The van der Waals surface area contributed by atoms with Gasteiger partial charge in [0.25, 0.3) is 0 Å². The summed E-state index contributed by atoms with van der Waals surface area (Å²) >= 11 is 0. The van der Waals surface area contributed by atoms with Crippen LogP contribution in [0.2, 0.25) is 0 Å². The van der Waals surface area contributed by atoms with E-state index < -0.39 is 24.2 Å². The number of aromatic nitrogens is 2. The Labute approximate surface area is 297 Å². The molecule has 0 fully saturated rings. The maximum atomic E-state index is 9.34. The molecule has 1 heterocycles. The minimum Gasteiger partial charge on any atom is -0.296 e. The number of rotatable bonds is 6. The molecule has 49 heavy (non-hydrogen) atoms. The third kappa shape index (κ3) is 4.92. The van der Waals surface area contributed by atoms with Crippen molar-refractivity contribution < 1.29 is 11.0 Å². The van der Waals surface area contributed by atoms with Crippen molar-refractivity contribution in [2.24, 2.45) is 0 Å². The van der Waals surface area contributed by atoms with Crippen LogP contribution in [0.25, 0.3) is 82.8 Å². The minimum atomic E-state index is -0.426. The van der Waals surface area contributed by atoms with Crippen LogP contribution in [0.3, 0.4) is 0 Å². The van der Waals surface area contributed by atoms with Crippen molar-refractivity contribution in [1.82, 2.24) is 9.55 Å². The zero-order valence-corrected chi connectivity index (χ0v) is 26.7. The van der Waals surface area contributed by atoms with Gasteiger partial charge in [0.2, 0.25) is 0 Å². The molecule has 0 saturated heterocycles. The van der Waals surface area contributed by atoms with E-state index in [-0.39, 0.29) is 45.7 Å². The second-order valence-corrected chi connectivity index (χ2v) is 12.0. The van der Waals surface area contributed by atoms with E-state index in [0.29, 0.717) is 22.3 Å². The quantitative estimate of drug-likeness (QED) is 0.166. The first-order valence-electron chi connectivity index (χ1n) is 20.4. The smallest absolute Gasteiger partial charge is 0.114 e. The highest BCUT2D eigenvalue weighted by atomic mass is 15.1. The molecule has 0 aliphatic carbocycles. The summed E-state index contributed by atoms with van der Waals surface area (Å²) in [7, 11) is 0. The fraction of sp³-hybridized carbons (Fsp3) is 0.0426. The monoisotopic (exact) mass is 634 g/mol. The first-order chi connectivity index (χ1) is 27.6. The van der Waals surface area contributed by atoms with Gasteiger partial charge in [0, 0.05) is 12.1 Å². The summed E-state index contributed by atoms with van der Waals surface area (Å²) < 4.78 is 74.7. The van der Waals surface area contributed by atoms with Gasteiger partial charge in [-0.1, -0.05) is 158 Å². The van der Waals surface area contributed by atoms with Crippen molar-refractivity contribution in [3.8, 4) is 50.2 Å². The molecule has 1 aromatic heterocycles. The van der Waals surface area contributed by atoms with Gasteiger partial charge in [-0.25, -0.2) is 4.98 Å². The highest BCUT2D eigenvalue weighted by Gasteiger charge is 2.19. The third-order valence-electron chi connectivity index (χ3n) is 9.24. The predicted molar refractivity (Wildman–Crippen MR) is 207 cm³/mol.